The van der Waals surface area contributed by atoms with Crippen molar-refractivity contribution in [2.45, 2.75) is 57.0 Å². The molecule has 3 rings (SSSR count). The highest BCUT2D eigenvalue weighted by molar-refractivity contribution is 5.31. The summed E-state index contributed by atoms with van der Waals surface area (Å²) in [6.45, 7) is 0. The molecule has 0 aromatic heterocycles. The van der Waals surface area contributed by atoms with Crippen molar-refractivity contribution in [2.24, 2.45) is 5.92 Å². The van der Waals surface area contributed by atoms with E-state index in [4.69, 9.17) is 0 Å². The van der Waals surface area contributed by atoms with Crippen molar-refractivity contribution in [3.8, 4) is 0 Å². The van der Waals surface area contributed by atoms with E-state index < -0.39 is 5.60 Å². The van der Waals surface area contributed by atoms with Gasteiger partial charge in [-0.15, -0.1) is 0 Å². The first-order valence-corrected chi connectivity index (χ1v) is 7.77. The molecular formula is C18H24O. The molecule has 1 fully saturated rings. The van der Waals surface area contributed by atoms with Crippen LogP contribution < -0.4 is 0 Å². The molecule has 0 heterocycles. The maximum absolute atomic E-state index is 11.2. The minimum atomic E-state index is -0.614. The lowest BCUT2D eigenvalue weighted by Crippen LogP contribution is -2.30. The third-order valence-corrected chi connectivity index (χ3v) is 4.95. The molecule has 1 nitrogen and oxygen atoms in total. The molecule has 102 valence electrons. The summed E-state index contributed by atoms with van der Waals surface area (Å²) < 4.78 is 0. The van der Waals surface area contributed by atoms with Crippen LogP contribution in [-0.2, 0) is 5.60 Å². The van der Waals surface area contributed by atoms with Crippen molar-refractivity contribution in [2.75, 3.05) is 0 Å². The van der Waals surface area contributed by atoms with Crippen LogP contribution in [0.4, 0.5) is 0 Å². The van der Waals surface area contributed by atoms with Crippen LogP contribution in [0.1, 0.15) is 56.9 Å². The molecule has 1 saturated carbocycles. The van der Waals surface area contributed by atoms with Crippen molar-refractivity contribution in [3.63, 3.8) is 0 Å². The predicted octanol–water partition coefficient (Wildman–Crippen LogP) is 4.56. The summed E-state index contributed by atoms with van der Waals surface area (Å²) in [7, 11) is 0. The summed E-state index contributed by atoms with van der Waals surface area (Å²) in [4.78, 5) is 0. The molecule has 1 aromatic rings. The van der Waals surface area contributed by atoms with E-state index >= 15 is 0 Å². The first-order chi connectivity index (χ1) is 9.31. The fourth-order valence-electron chi connectivity index (χ4n) is 3.86. The average Bonchev–Trinajstić information content (AvgIpc) is 2.82. The van der Waals surface area contributed by atoms with Gasteiger partial charge in [0.05, 0.1) is 5.60 Å². The van der Waals surface area contributed by atoms with Crippen molar-refractivity contribution < 1.29 is 5.11 Å². The molecule has 0 bridgehead atoms. The number of benzene rings is 1. The summed E-state index contributed by atoms with van der Waals surface area (Å²) in [5.41, 5.74) is 2.02. The van der Waals surface area contributed by atoms with Gasteiger partial charge in [0, 0.05) is 5.92 Å². The van der Waals surface area contributed by atoms with Gasteiger partial charge in [-0.3, -0.25) is 0 Å². The predicted molar refractivity (Wildman–Crippen MR) is 78.8 cm³/mol. The Morgan fingerprint density at radius 2 is 1.79 bits per heavy atom. The molecule has 1 aromatic carbocycles. The van der Waals surface area contributed by atoms with Crippen LogP contribution in [-0.4, -0.2) is 5.11 Å². The Labute approximate surface area is 116 Å². The summed E-state index contributed by atoms with van der Waals surface area (Å²) in [5.74, 6) is 0.355. The summed E-state index contributed by atoms with van der Waals surface area (Å²) in [5, 5.41) is 11.2. The fourth-order valence-corrected chi connectivity index (χ4v) is 3.86. The van der Waals surface area contributed by atoms with Gasteiger partial charge in [0.25, 0.3) is 0 Å². The fraction of sp³-hybridized carbons (Fsp3) is 0.556. The van der Waals surface area contributed by atoms with Crippen molar-refractivity contribution in [1.29, 1.82) is 0 Å². The maximum Gasteiger partial charge on any atom is 0.0964 e. The zero-order valence-electron chi connectivity index (χ0n) is 11.6. The molecule has 0 radical (unpaired) electrons. The highest BCUT2D eigenvalue weighted by Gasteiger charge is 2.44. The van der Waals surface area contributed by atoms with E-state index in [0.29, 0.717) is 5.92 Å². The average molecular weight is 256 g/mol. The Morgan fingerprint density at radius 3 is 2.63 bits per heavy atom. The van der Waals surface area contributed by atoms with Gasteiger partial charge in [0.1, 0.15) is 0 Å². The van der Waals surface area contributed by atoms with Gasteiger partial charge >= 0.3 is 0 Å². The molecule has 1 heteroatoms. The minimum Gasteiger partial charge on any atom is -0.385 e. The van der Waals surface area contributed by atoms with E-state index in [0.717, 1.165) is 24.8 Å². The molecule has 2 atom stereocenters. The lowest BCUT2D eigenvalue weighted by Gasteiger charge is -2.31. The Hall–Kier alpha value is -1.08. The van der Waals surface area contributed by atoms with Crippen LogP contribution in [0, 0.1) is 5.92 Å². The number of aliphatic hydroxyl groups is 1. The number of allylic oxidation sites excluding steroid dienone is 1. The Balaban J connectivity index is 1.92. The minimum absolute atomic E-state index is 0.355. The first kappa shape index (κ1) is 12.9. The topological polar surface area (TPSA) is 20.2 Å². The molecule has 0 spiro atoms. The summed E-state index contributed by atoms with van der Waals surface area (Å²) >= 11 is 0. The highest BCUT2D eigenvalue weighted by Crippen LogP contribution is 2.49. The SMILES string of the molecule is O[C@@]1(c2ccccc2)CC/C2=C/CCCCCC[C@H]21. The zero-order valence-corrected chi connectivity index (χ0v) is 11.6. The second kappa shape index (κ2) is 5.50. The van der Waals surface area contributed by atoms with Crippen LogP contribution in [0.3, 0.4) is 0 Å². The third-order valence-electron chi connectivity index (χ3n) is 4.95. The van der Waals surface area contributed by atoms with Crippen LogP contribution in [0.5, 0.6) is 0 Å². The Bertz CT molecular complexity index is 448. The number of fused-ring (bicyclic) bond motifs is 1. The van der Waals surface area contributed by atoms with Gasteiger partial charge in [-0.05, 0) is 37.7 Å². The van der Waals surface area contributed by atoms with Crippen LogP contribution in [0.25, 0.3) is 0 Å². The van der Waals surface area contributed by atoms with Gasteiger partial charge in [0.15, 0.2) is 0 Å². The standard InChI is InChI=1S/C18H24O/c19-18(16-10-6-4-7-11-16)14-13-15-9-5-2-1-3-8-12-17(15)18/h4,6-7,9-11,17,19H,1-3,5,8,12-14H2/b15-9-/t17-,18-/m1/s1. The molecule has 0 aliphatic heterocycles. The normalized spacial score (nSPS) is 34.6. The first-order valence-electron chi connectivity index (χ1n) is 7.77. The van der Waals surface area contributed by atoms with Gasteiger partial charge in [-0.25, -0.2) is 0 Å². The van der Waals surface area contributed by atoms with E-state index in [1.807, 2.05) is 18.2 Å². The lowest BCUT2D eigenvalue weighted by atomic mass is 9.80. The van der Waals surface area contributed by atoms with Gasteiger partial charge in [-0.2, -0.15) is 0 Å². The largest absolute Gasteiger partial charge is 0.385 e. The van der Waals surface area contributed by atoms with E-state index in [9.17, 15) is 5.11 Å². The molecule has 0 unspecified atom stereocenters. The monoisotopic (exact) mass is 256 g/mol. The van der Waals surface area contributed by atoms with E-state index in [1.54, 1.807) is 0 Å². The second-order valence-corrected chi connectivity index (χ2v) is 6.11. The third kappa shape index (κ3) is 2.49. The number of hydrogen-bond donors (Lipinski definition) is 1. The lowest BCUT2D eigenvalue weighted by molar-refractivity contribution is 0.00119. The Morgan fingerprint density at radius 1 is 1.00 bits per heavy atom. The van der Waals surface area contributed by atoms with Gasteiger partial charge in [0.2, 0.25) is 0 Å². The van der Waals surface area contributed by atoms with Crippen molar-refractivity contribution in [3.05, 3.63) is 47.5 Å². The van der Waals surface area contributed by atoms with Crippen LogP contribution in [0.2, 0.25) is 0 Å². The molecule has 0 amide bonds. The zero-order chi connectivity index (χ0) is 13.1. The van der Waals surface area contributed by atoms with E-state index in [2.05, 4.69) is 18.2 Å². The van der Waals surface area contributed by atoms with Gasteiger partial charge in [-0.1, -0.05) is 61.2 Å². The second-order valence-electron chi connectivity index (χ2n) is 6.11. The smallest absolute Gasteiger partial charge is 0.0964 e. The maximum atomic E-state index is 11.2. The molecule has 2 aliphatic rings. The van der Waals surface area contributed by atoms with Crippen molar-refractivity contribution >= 4 is 0 Å². The quantitative estimate of drug-likeness (QED) is 0.730. The molecule has 19 heavy (non-hydrogen) atoms. The van der Waals surface area contributed by atoms with Gasteiger partial charge < -0.3 is 5.11 Å². The molecular weight excluding hydrogens is 232 g/mol. The number of rotatable bonds is 1. The van der Waals surface area contributed by atoms with Crippen LogP contribution in [0.15, 0.2) is 42.0 Å². The highest BCUT2D eigenvalue weighted by atomic mass is 16.3. The summed E-state index contributed by atoms with van der Waals surface area (Å²) in [6.07, 6.45) is 12.0. The number of hydrogen-bond acceptors (Lipinski definition) is 1. The summed E-state index contributed by atoms with van der Waals surface area (Å²) in [6, 6.07) is 10.3. The molecule has 2 aliphatic carbocycles. The molecule has 1 N–H and O–H groups in total. The van der Waals surface area contributed by atoms with Crippen LogP contribution >= 0.6 is 0 Å². The van der Waals surface area contributed by atoms with Crippen molar-refractivity contribution in [1.82, 2.24) is 0 Å². The van der Waals surface area contributed by atoms with E-state index in [1.165, 1.54) is 37.7 Å². The Kier molecular flexibility index (Phi) is 3.74. The molecule has 0 saturated heterocycles. The van der Waals surface area contributed by atoms with E-state index in [-0.39, 0.29) is 0 Å².